The number of amides is 1. The highest BCUT2D eigenvalue weighted by atomic mass is 35.5. The van der Waals surface area contributed by atoms with Crippen LogP contribution in [-0.2, 0) is 9.53 Å². The molecular formula is C25H30ClNO4. The van der Waals surface area contributed by atoms with Crippen molar-refractivity contribution in [2.45, 2.75) is 58.1 Å². The molecular weight excluding hydrogens is 414 g/mol. The predicted molar refractivity (Wildman–Crippen MR) is 121 cm³/mol. The van der Waals surface area contributed by atoms with Crippen LogP contribution >= 0.6 is 11.6 Å². The van der Waals surface area contributed by atoms with Crippen molar-refractivity contribution in [2.24, 2.45) is 5.92 Å². The lowest BCUT2D eigenvalue weighted by Gasteiger charge is -2.29. The third kappa shape index (κ3) is 6.47. The molecule has 6 heteroatoms. The molecule has 0 bridgehead atoms. The van der Waals surface area contributed by atoms with Crippen molar-refractivity contribution in [2.75, 3.05) is 6.61 Å². The van der Waals surface area contributed by atoms with Crippen LogP contribution in [0.25, 0.3) is 0 Å². The van der Waals surface area contributed by atoms with Gasteiger partial charge < -0.3 is 14.8 Å². The van der Waals surface area contributed by atoms with Crippen LogP contribution in [0.2, 0.25) is 5.02 Å². The second kappa shape index (κ2) is 11.2. The molecule has 2 aromatic carbocycles. The Kier molecular flexibility index (Phi) is 8.35. The number of carbonyl (C=O) groups is 2. The summed E-state index contributed by atoms with van der Waals surface area (Å²) in [6.45, 7) is 4.07. The van der Waals surface area contributed by atoms with Crippen molar-refractivity contribution in [1.82, 2.24) is 5.32 Å². The second-order valence-electron chi connectivity index (χ2n) is 7.96. The lowest BCUT2D eigenvalue weighted by Crippen LogP contribution is -2.37. The molecule has 1 N–H and O–H groups in total. The fourth-order valence-electron chi connectivity index (χ4n) is 3.97. The molecule has 0 radical (unpaired) electrons. The van der Waals surface area contributed by atoms with E-state index in [2.05, 4.69) is 5.32 Å². The van der Waals surface area contributed by atoms with Crippen molar-refractivity contribution in [3.63, 3.8) is 0 Å². The minimum absolute atomic E-state index is 0.184. The van der Waals surface area contributed by atoms with Gasteiger partial charge in [0, 0.05) is 16.5 Å². The lowest BCUT2D eigenvalue weighted by atomic mass is 9.85. The van der Waals surface area contributed by atoms with Gasteiger partial charge in [-0.2, -0.15) is 0 Å². The number of carbonyl (C=O) groups excluding carboxylic acids is 2. The van der Waals surface area contributed by atoms with Crippen LogP contribution in [0.15, 0.2) is 48.5 Å². The Balaban J connectivity index is 1.64. The van der Waals surface area contributed by atoms with Gasteiger partial charge in [-0.3, -0.25) is 4.79 Å². The Morgan fingerprint density at radius 1 is 1.10 bits per heavy atom. The number of benzene rings is 2. The summed E-state index contributed by atoms with van der Waals surface area (Å²) in [5.74, 6) is 0.333. The Labute approximate surface area is 189 Å². The zero-order valence-corrected chi connectivity index (χ0v) is 18.9. The van der Waals surface area contributed by atoms with E-state index < -0.39 is 6.10 Å². The Hall–Kier alpha value is -2.53. The number of nitrogens with one attached hydrogen (secondary N) is 1. The summed E-state index contributed by atoms with van der Waals surface area (Å²) >= 11 is 5.97. The van der Waals surface area contributed by atoms with Crippen molar-refractivity contribution in [3.05, 3.63) is 64.7 Å². The summed E-state index contributed by atoms with van der Waals surface area (Å²) in [6, 6.07) is 14.1. The third-order valence-electron chi connectivity index (χ3n) is 5.67. The smallest absolute Gasteiger partial charge is 0.347 e. The van der Waals surface area contributed by atoms with Gasteiger partial charge >= 0.3 is 5.97 Å². The number of hydrogen-bond donors (Lipinski definition) is 1. The summed E-state index contributed by atoms with van der Waals surface area (Å²) < 4.78 is 11.4. The molecule has 0 saturated heterocycles. The maximum Gasteiger partial charge on any atom is 0.347 e. The average molecular weight is 444 g/mol. The number of halogens is 1. The van der Waals surface area contributed by atoms with Gasteiger partial charge in [0.05, 0.1) is 12.6 Å². The second-order valence-corrected chi connectivity index (χ2v) is 8.40. The van der Waals surface area contributed by atoms with E-state index in [1.165, 1.54) is 6.42 Å². The third-order valence-corrected chi connectivity index (χ3v) is 5.91. The molecule has 2 unspecified atom stereocenters. The first-order valence-corrected chi connectivity index (χ1v) is 11.4. The fraction of sp³-hybridized carbons (Fsp3) is 0.440. The van der Waals surface area contributed by atoms with Crippen molar-refractivity contribution in [3.8, 4) is 5.75 Å². The maximum atomic E-state index is 12.5. The maximum absolute atomic E-state index is 12.5. The molecule has 0 heterocycles. The molecule has 1 aliphatic rings. The van der Waals surface area contributed by atoms with E-state index in [0.717, 1.165) is 31.2 Å². The monoisotopic (exact) mass is 443 g/mol. The van der Waals surface area contributed by atoms with Crippen molar-refractivity contribution >= 4 is 23.5 Å². The topological polar surface area (TPSA) is 64.6 Å². The molecule has 0 spiro atoms. The van der Waals surface area contributed by atoms with E-state index in [9.17, 15) is 9.59 Å². The number of hydrogen-bond acceptors (Lipinski definition) is 4. The van der Waals surface area contributed by atoms with E-state index in [0.29, 0.717) is 22.9 Å². The molecule has 0 aliphatic heterocycles. The molecule has 1 fully saturated rings. The molecule has 31 heavy (non-hydrogen) atoms. The first-order chi connectivity index (χ1) is 15.0. The molecule has 1 aliphatic carbocycles. The van der Waals surface area contributed by atoms with Crippen LogP contribution in [0, 0.1) is 5.92 Å². The first kappa shape index (κ1) is 23.1. The summed E-state index contributed by atoms with van der Waals surface area (Å²) in [4.78, 5) is 25.0. The molecule has 1 saturated carbocycles. The largest absolute Gasteiger partial charge is 0.478 e. The summed E-state index contributed by atoms with van der Waals surface area (Å²) in [5, 5.41) is 3.50. The van der Waals surface area contributed by atoms with Gasteiger partial charge in [0.2, 0.25) is 0 Å². The molecule has 166 valence electrons. The molecule has 1 amide bonds. The SMILES string of the molecule is CCOC(=O)C(Oc1ccc(C(C)NC(=O)c2cccc(Cl)c2)cc1)C1CCCCC1. The van der Waals surface area contributed by atoms with E-state index in [1.54, 1.807) is 24.3 Å². The highest BCUT2D eigenvalue weighted by molar-refractivity contribution is 6.30. The minimum atomic E-state index is -0.578. The molecule has 0 aromatic heterocycles. The lowest BCUT2D eigenvalue weighted by molar-refractivity contribution is -0.154. The van der Waals surface area contributed by atoms with E-state index in [4.69, 9.17) is 21.1 Å². The summed E-state index contributed by atoms with van der Waals surface area (Å²) in [6.07, 6.45) is 4.83. The van der Waals surface area contributed by atoms with Crippen LogP contribution in [0.4, 0.5) is 0 Å². The fourth-order valence-corrected chi connectivity index (χ4v) is 4.16. The van der Waals surface area contributed by atoms with E-state index in [-0.39, 0.29) is 23.8 Å². The summed E-state index contributed by atoms with van der Waals surface area (Å²) in [5.41, 5.74) is 1.46. The highest BCUT2D eigenvalue weighted by Crippen LogP contribution is 2.30. The van der Waals surface area contributed by atoms with Crippen LogP contribution in [0.5, 0.6) is 5.75 Å². The highest BCUT2D eigenvalue weighted by Gasteiger charge is 2.32. The van der Waals surface area contributed by atoms with Crippen LogP contribution < -0.4 is 10.1 Å². The van der Waals surface area contributed by atoms with Crippen LogP contribution in [0.1, 0.15) is 67.9 Å². The zero-order chi connectivity index (χ0) is 22.2. The predicted octanol–water partition coefficient (Wildman–Crippen LogP) is 5.72. The van der Waals surface area contributed by atoms with Gasteiger partial charge in [-0.15, -0.1) is 0 Å². The normalized spacial score (nSPS) is 16.2. The van der Waals surface area contributed by atoms with Gasteiger partial charge in [0.15, 0.2) is 6.10 Å². The number of esters is 1. The van der Waals surface area contributed by atoms with Crippen LogP contribution in [0.3, 0.4) is 0 Å². The van der Waals surface area contributed by atoms with Crippen molar-refractivity contribution in [1.29, 1.82) is 0 Å². The molecule has 3 rings (SSSR count). The van der Waals surface area contributed by atoms with Gasteiger partial charge in [-0.1, -0.05) is 49.1 Å². The zero-order valence-electron chi connectivity index (χ0n) is 18.1. The Morgan fingerprint density at radius 3 is 2.45 bits per heavy atom. The van der Waals surface area contributed by atoms with Gasteiger partial charge in [-0.05, 0) is 62.6 Å². The molecule has 2 aromatic rings. The number of rotatable bonds is 8. The van der Waals surface area contributed by atoms with Gasteiger partial charge in [0.25, 0.3) is 5.91 Å². The molecule has 5 nitrogen and oxygen atoms in total. The van der Waals surface area contributed by atoms with Gasteiger partial charge in [-0.25, -0.2) is 4.79 Å². The van der Waals surface area contributed by atoms with Crippen molar-refractivity contribution < 1.29 is 19.1 Å². The Morgan fingerprint density at radius 2 is 1.81 bits per heavy atom. The number of ether oxygens (including phenoxy) is 2. The minimum Gasteiger partial charge on any atom is -0.478 e. The van der Waals surface area contributed by atoms with Gasteiger partial charge in [0.1, 0.15) is 5.75 Å². The first-order valence-electron chi connectivity index (χ1n) is 11.0. The average Bonchev–Trinajstić information content (AvgIpc) is 2.78. The van der Waals surface area contributed by atoms with Crippen LogP contribution in [-0.4, -0.2) is 24.6 Å². The quantitative estimate of drug-likeness (QED) is 0.530. The standard InChI is InChI=1S/C25H30ClNO4/c1-3-30-25(29)23(19-8-5-4-6-9-19)31-22-14-12-18(13-15-22)17(2)27-24(28)20-10-7-11-21(26)16-20/h7,10-17,19,23H,3-6,8-9H2,1-2H3,(H,27,28). The Bertz CT molecular complexity index is 877. The van der Waals surface area contributed by atoms with E-state index >= 15 is 0 Å². The van der Waals surface area contributed by atoms with E-state index in [1.807, 2.05) is 38.1 Å². The summed E-state index contributed by atoms with van der Waals surface area (Å²) in [7, 11) is 0. The molecule has 2 atom stereocenters.